The Morgan fingerprint density at radius 2 is 1.27 bits per heavy atom. The minimum absolute atomic E-state index is 0.140. The fraction of sp³-hybridized carbons (Fsp3) is 0.905. The van der Waals surface area contributed by atoms with Gasteiger partial charge in [-0.2, -0.15) is 8.42 Å². The average molecular weight is 390 g/mol. The molecule has 0 saturated heterocycles. The van der Waals surface area contributed by atoms with Crippen LogP contribution in [0.15, 0.2) is 12.2 Å². The first kappa shape index (κ1) is 25.6. The highest BCUT2D eigenvalue weighted by Crippen LogP contribution is 2.14. The second kappa shape index (κ2) is 18.0. The van der Waals surface area contributed by atoms with Crippen LogP contribution in [0.3, 0.4) is 0 Å². The van der Waals surface area contributed by atoms with Crippen molar-refractivity contribution in [3.63, 3.8) is 0 Å². The van der Waals surface area contributed by atoms with Crippen molar-refractivity contribution in [2.24, 2.45) is 5.73 Å². The lowest BCUT2D eigenvalue weighted by molar-refractivity contribution is 0.383. The van der Waals surface area contributed by atoms with Crippen molar-refractivity contribution < 1.29 is 12.6 Å². The van der Waals surface area contributed by atoms with E-state index in [0.717, 1.165) is 12.8 Å². The Bertz CT molecular complexity index is 421. The molecule has 0 amide bonds. The van der Waals surface area contributed by atoms with Gasteiger partial charge >= 0.3 is 0 Å². The summed E-state index contributed by atoms with van der Waals surface area (Å²) in [5.74, 6) is 0. The SMILES string of the molecule is CCCCCCCC/C=C\CCCCCCCCC(CN)S(=O)(=O)OC. The van der Waals surface area contributed by atoms with Crippen LogP contribution in [0, 0.1) is 0 Å². The molecule has 0 aromatic rings. The Morgan fingerprint density at radius 1 is 0.808 bits per heavy atom. The number of rotatable bonds is 19. The Labute approximate surface area is 163 Å². The van der Waals surface area contributed by atoms with Crippen LogP contribution >= 0.6 is 0 Å². The molecule has 4 nitrogen and oxygen atoms in total. The highest BCUT2D eigenvalue weighted by molar-refractivity contribution is 7.87. The molecule has 2 N–H and O–H groups in total. The van der Waals surface area contributed by atoms with Crippen molar-refractivity contribution in [1.82, 2.24) is 0 Å². The summed E-state index contributed by atoms with van der Waals surface area (Å²) in [5.41, 5.74) is 5.54. The maximum Gasteiger partial charge on any atom is 0.271 e. The Hall–Kier alpha value is -0.390. The first-order valence-electron chi connectivity index (χ1n) is 10.7. The molecule has 0 heterocycles. The molecule has 1 atom stereocenters. The summed E-state index contributed by atoms with van der Waals surface area (Å²) < 4.78 is 27.8. The molecule has 0 bridgehead atoms. The molecule has 0 saturated carbocycles. The third kappa shape index (κ3) is 14.7. The molecule has 0 rings (SSSR count). The second-order valence-electron chi connectivity index (χ2n) is 7.24. The number of hydrogen-bond donors (Lipinski definition) is 1. The van der Waals surface area contributed by atoms with Crippen molar-refractivity contribution >= 4 is 10.1 Å². The summed E-state index contributed by atoms with van der Waals surface area (Å²) >= 11 is 0. The van der Waals surface area contributed by atoms with Gasteiger partial charge < -0.3 is 5.73 Å². The largest absolute Gasteiger partial charge is 0.329 e. The molecular weight excluding hydrogens is 346 g/mol. The first-order valence-corrected chi connectivity index (χ1v) is 12.2. The Balaban J connectivity index is 3.39. The van der Waals surface area contributed by atoms with Crippen molar-refractivity contribution in [2.75, 3.05) is 13.7 Å². The van der Waals surface area contributed by atoms with Crippen LogP contribution in [-0.2, 0) is 14.3 Å². The van der Waals surface area contributed by atoms with Crippen molar-refractivity contribution in [2.45, 2.75) is 108 Å². The summed E-state index contributed by atoms with van der Waals surface area (Å²) in [6.07, 6.45) is 22.8. The Kier molecular flexibility index (Phi) is 17.7. The van der Waals surface area contributed by atoms with E-state index in [-0.39, 0.29) is 6.54 Å². The lowest BCUT2D eigenvalue weighted by Gasteiger charge is -2.13. The van der Waals surface area contributed by atoms with Crippen LogP contribution in [-0.4, -0.2) is 27.3 Å². The minimum atomic E-state index is -3.46. The van der Waals surface area contributed by atoms with E-state index in [2.05, 4.69) is 23.3 Å². The number of nitrogens with two attached hydrogens (primary N) is 1. The van der Waals surface area contributed by atoms with E-state index in [1.54, 1.807) is 0 Å². The molecule has 0 aliphatic heterocycles. The fourth-order valence-electron chi connectivity index (χ4n) is 3.14. The van der Waals surface area contributed by atoms with Gasteiger partial charge in [-0.25, -0.2) is 0 Å². The molecule has 0 fully saturated rings. The molecular formula is C21H43NO3S. The van der Waals surface area contributed by atoms with E-state index in [1.165, 1.54) is 84.2 Å². The van der Waals surface area contributed by atoms with Crippen LogP contribution in [0.2, 0.25) is 0 Å². The summed E-state index contributed by atoms with van der Waals surface area (Å²) in [4.78, 5) is 0. The maximum atomic E-state index is 11.6. The van der Waals surface area contributed by atoms with Gasteiger partial charge in [-0.15, -0.1) is 0 Å². The second-order valence-corrected chi connectivity index (χ2v) is 9.23. The highest BCUT2D eigenvalue weighted by Gasteiger charge is 2.22. The van der Waals surface area contributed by atoms with Crippen LogP contribution in [0.1, 0.15) is 103 Å². The van der Waals surface area contributed by atoms with Crippen molar-refractivity contribution in [3.05, 3.63) is 12.2 Å². The first-order chi connectivity index (χ1) is 12.6. The van der Waals surface area contributed by atoms with E-state index in [0.29, 0.717) is 6.42 Å². The van der Waals surface area contributed by atoms with E-state index in [1.807, 2.05) is 0 Å². The third-order valence-corrected chi connectivity index (χ3v) is 6.65. The van der Waals surface area contributed by atoms with Gasteiger partial charge in [0, 0.05) is 6.54 Å². The van der Waals surface area contributed by atoms with Crippen LogP contribution < -0.4 is 5.73 Å². The summed E-state index contributed by atoms with van der Waals surface area (Å²) in [7, 11) is -2.26. The Morgan fingerprint density at radius 3 is 1.73 bits per heavy atom. The van der Waals surface area contributed by atoms with E-state index in [9.17, 15) is 8.42 Å². The zero-order valence-electron chi connectivity index (χ0n) is 17.3. The maximum absolute atomic E-state index is 11.6. The predicted octanol–water partition coefficient (Wildman–Crippen LogP) is 5.72. The van der Waals surface area contributed by atoms with Gasteiger partial charge in [-0.05, 0) is 32.1 Å². The average Bonchev–Trinajstić information content (AvgIpc) is 2.64. The van der Waals surface area contributed by atoms with Gasteiger partial charge in [0.15, 0.2) is 0 Å². The van der Waals surface area contributed by atoms with Gasteiger partial charge in [-0.3, -0.25) is 4.18 Å². The lowest BCUT2D eigenvalue weighted by Crippen LogP contribution is -2.30. The fourth-order valence-corrected chi connectivity index (χ4v) is 4.10. The van der Waals surface area contributed by atoms with Crippen LogP contribution in [0.25, 0.3) is 0 Å². The van der Waals surface area contributed by atoms with E-state index >= 15 is 0 Å². The lowest BCUT2D eigenvalue weighted by atomic mass is 10.1. The number of hydrogen-bond acceptors (Lipinski definition) is 4. The smallest absolute Gasteiger partial charge is 0.271 e. The molecule has 1 unspecified atom stereocenters. The summed E-state index contributed by atoms with van der Waals surface area (Å²) in [6, 6.07) is 0. The number of unbranched alkanes of at least 4 members (excludes halogenated alkanes) is 12. The number of allylic oxidation sites excluding steroid dienone is 2. The normalized spacial score (nSPS) is 13.5. The molecule has 156 valence electrons. The van der Waals surface area contributed by atoms with E-state index < -0.39 is 15.4 Å². The highest BCUT2D eigenvalue weighted by atomic mass is 32.2. The third-order valence-electron chi connectivity index (χ3n) is 4.94. The topological polar surface area (TPSA) is 69.4 Å². The molecule has 0 radical (unpaired) electrons. The molecule has 0 aliphatic carbocycles. The minimum Gasteiger partial charge on any atom is -0.329 e. The quantitative estimate of drug-likeness (QED) is 0.174. The predicted molar refractivity (Wildman–Crippen MR) is 113 cm³/mol. The molecule has 0 aliphatic rings. The summed E-state index contributed by atoms with van der Waals surface area (Å²) in [6.45, 7) is 2.40. The van der Waals surface area contributed by atoms with Crippen molar-refractivity contribution in [3.8, 4) is 0 Å². The molecule has 0 spiro atoms. The van der Waals surface area contributed by atoms with Gasteiger partial charge in [0.2, 0.25) is 0 Å². The van der Waals surface area contributed by atoms with Gasteiger partial charge in [-0.1, -0.05) is 83.3 Å². The van der Waals surface area contributed by atoms with Crippen molar-refractivity contribution in [1.29, 1.82) is 0 Å². The van der Waals surface area contributed by atoms with E-state index in [4.69, 9.17) is 5.73 Å². The van der Waals surface area contributed by atoms with Gasteiger partial charge in [0.05, 0.1) is 12.4 Å². The molecule has 26 heavy (non-hydrogen) atoms. The molecule has 0 aromatic carbocycles. The summed E-state index contributed by atoms with van der Waals surface area (Å²) in [5, 5.41) is -0.552. The van der Waals surface area contributed by atoms with Crippen LogP contribution in [0.4, 0.5) is 0 Å². The van der Waals surface area contributed by atoms with Crippen LogP contribution in [0.5, 0.6) is 0 Å². The molecule has 0 aromatic heterocycles. The van der Waals surface area contributed by atoms with Gasteiger partial charge in [0.25, 0.3) is 10.1 Å². The zero-order chi connectivity index (χ0) is 19.5. The molecule has 5 heteroatoms. The van der Waals surface area contributed by atoms with Gasteiger partial charge in [0.1, 0.15) is 0 Å². The monoisotopic (exact) mass is 389 g/mol. The zero-order valence-corrected chi connectivity index (χ0v) is 18.1. The standard InChI is InChI=1S/C21H43NO3S/c1-3-4-5-6-7-8-9-10-11-12-13-14-15-16-17-18-19-21(20-22)26(23,24)25-2/h10-11,21H,3-9,12-20,22H2,1-2H3/b11-10-.